The van der Waals surface area contributed by atoms with Gasteiger partial charge in [-0.3, -0.25) is 9.69 Å². The van der Waals surface area contributed by atoms with Crippen LogP contribution in [0, 0.1) is 5.82 Å². The number of Topliss-reactive ketones (excluding diaryl/α,β-unsaturated/α-hetero) is 1. The molecule has 0 bridgehead atoms. The molecule has 4 heteroatoms. The summed E-state index contributed by atoms with van der Waals surface area (Å²) in [7, 11) is 0. The zero-order chi connectivity index (χ0) is 14.6. The molecule has 106 valence electrons. The minimum Gasteiger partial charge on any atom is -0.297 e. The highest BCUT2D eigenvalue weighted by Gasteiger charge is 2.32. The van der Waals surface area contributed by atoms with Crippen molar-refractivity contribution in [3.8, 4) is 0 Å². The Labute approximate surface area is 123 Å². The van der Waals surface area contributed by atoms with E-state index in [1.807, 2.05) is 27.7 Å². The first-order valence-electron chi connectivity index (χ1n) is 6.55. The number of ketones is 1. The van der Waals surface area contributed by atoms with Gasteiger partial charge < -0.3 is 0 Å². The molecule has 0 spiro atoms. The van der Waals surface area contributed by atoms with Crippen LogP contribution in [0.5, 0.6) is 0 Å². The summed E-state index contributed by atoms with van der Waals surface area (Å²) < 4.78 is 13.8. The van der Waals surface area contributed by atoms with Gasteiger partial charge in [0.15, 0.2) is 5.78 Å². The van der Waals surface area contributed by atoms with E-state index in [4.69, 9.17) is 0 Å². The van der Waals surface area contributed by atoms with E-state index in [2.05, 4.69) is 20.8 Å². The average molecular weight is 330 g/mol. The lowest BCUT2D eigenvalue weighted by atomic mass is 9.91. The maximum atomic E-state index is 13.4. The van der Waals surface area contributed by atoms with Crippen molar-refractivity contribution in [3.63, 3.8) is 0 Å². The minimum atomic E-state index is -0.532. The lowest BCUT2D eigenvalue weighted by Gasteiger charge is -2.36. The highest BCUT2D eigenvalue weighted by atomic mass is 79.9. The normalized spacial score (nSPS) is 11.9. The lowest BCUT2D eigenvalue weighted by molar-refractivity contribution is -0.128. The largest absolute Gasteiger partial charge is 0.297 e. The Morgan fingerprint density at radius 3 is 2.42 bits per heavy atom. The summed E-state index contributed by atoms with van der Waals surface area (Å²) in [6.07, 6.45) is 0.238. The third kappa shape index (κ3) is 3.63. The number of carbonyl (C=O) groups is 1. The number of hydrogen-bond donors (Lipinski definition) is 0. The van der Waals surface area contributed by atoms with Gasteiger partial charge in [0, 0.05) is 6.42 Å². The molecule has 0 fully saturated rings. The molecule has 0 unspecified atom stereocenters. The summed E-state index contributed by atoms with van der Waals surface area (Å²) in [5, 5.41) is 0. The van der Waals surface area contributed by atoms with Crippen LogP contribution in [0.15, 0.2) is 22.7 Å². The predicted molar refractivity (Wildman–Crippen MR) is 79.8 cm³/mol. The van der Waals surface area contributed by atoms with Gasteiger partial charge in [-0.2, -0.15) is 0 Å². The standard InChI is InChI=1S/C15H21BrFNO/c1-5-18(6-2)15(3,4)13(19)10-11-8-7-9-12(17)14(11)16/h7-9H,5-6,10H2,1-4H3. The zero-order valence-corrected chi connectivity index (χ0v) is 13.6. The van der Waals surface area contributed by atoms with Gasteiger partial charge >= 0.3 is 0 Å². The van der Waals surface area contributed by atoms with Crippen LogP contribution in [-0.2, 0) is 11.2 Å². The van der Waals surface area contributed by atoms with Crippen LogP contribution in [0.25, 0.3) is 0 Å². The van der Waals surface area contributed by atoms with Crippen molar-refractivity contribution >= 4 is 21.7 Å². The van der Waals surface area contributed by atoms with Crippen molar-refractivity contribution in [2.45, 2.75) is 39.7 Å². The first-order chi connectivity index (χ1) is 8.84. The summed E-state index contributed by atoms with van der Waals surface area (Å²) in [4.78, 5) is 14.6. The van der Waals surface area contributed by atoms with Crippen LogP contribution in [0.1, 0.15) is 33.3 Å². The molecule has 0 aromatic heterocycles. The highest BCUT2D eigenvalue weighted by Crippen LogP contribution is 2.24. The monoisotopic (exact) mass is 329 g/mol. The van der Waals surface area contributed by atoms with Gasteiger partial charge in [0.25, 0.3) is 0 Å². The molecule has 0 atom stereocenters. The van der Waals surface area contributed by atoms with Crippen LogP contribution < -0.4 is 0 Å². The number of benzene rings is 1. The van der Waals surface area contributed by atoms with Crippen LogP contribution >= 0.6 is 15.9 Å². The van der Waals surface area contributed by atoms with Crippen molar-refractivity contribution < 1.29 is 9.18 Å². The topological polar surface area (TPSA) is 20.3 Å². The third-order valence-corrected chi connectivity index (χ3v) is 4.51. The molecule has 0 saturated carbocycles. The van der Waals surface area contributed by atoms with E-state index < -0.39 is 5.54 Å². The van der Waals surface area contributed by atoms with Gasteiger partial charge in [0.1, 0.15) is 5.82 Å². The number of nitrogens with zero attached hydrogens (tertiary/aromatic N) is 1. The Hall–Kier alpha value is -0.740. The highest BCUT2D eigenvalue weighted by molar-refractivity contribution is 9.10. The van der Waals surface area contributed by atoms with Crippen molar-refractivity contribution in [1.82, 2.24) is 4.90 Å². The number of hydrogen-bond acceptors (Lipinski definition) is 2. The van der Waals surface area contributed by atoms with E-state index in [0.29, 0.717) is 10.0 Å². The minimum absolute atomic E-state index is 0.0995. The first-order valence-corrected chi connectivity index (χ1v) is 7.35. The molecule has 1 aromatic rings. The molecule has 0 aliphatic rings. The second-order valence-corrected chi connectivity index (χ2v) is 5.84. The van der Waals surface area contributed by atoms with Gasteiger partial charge in [0.05, 0.1) is 10.0 Å². The van der Waals surface area contributed by atoms with Crippen molar-refractivity contribution in [2.24, 2.45) is 0 Å². The molecule has 0 heterocycles. The number of likely N-dealkylation sites (N-methyl/N-ethyl adjacent to an activating group) is 1. The van der Waals surface area contributed by atoms with Gasteiger partial charge in [0.2, 0.25) is 0 Å². The Kier molecular flexibility index (Phi) is 5.68. The Morgan fingerprint density at radius 1 is 1.32 bits per heavy atom. The number of rotatable bonds is 6. The summed E-state index contributed by atoms with van der Waals surface area (Å²) in [5.41, 5.74) is 0.167. The summed E-state index contributed by atoms with van der Waals surface area (Å²) in [5.74, 6) is -0.228. The van der Waals surface area contributed by atoms with E-state index in [-0.39, 0.29) is 18.0 Å². The fourth-order valence-electron chi connectivity index (χ4n) is 2.26. The Bertz CT molecular complexity index is 455. The number of carbonyl (C=O) groups excluding carboxylic acids is 1. The smallest absolute Gasteiger partial charge is 0.156 e. The summed E-state index contributed by atoms with van der Waals surface area (Å²) >= 11 is 3.21. The van der Waals surface area contributed by atoms with Crippen molar-refractivity contribution in [3.05, 3.63) is 34.1 Å². The SMILES string of the molecule is CCN(CC)C(C)(C)C(=O)Cc1cccc(F)c1Br. The molecule has 0 radical (unpaired) electrons. The fraction of sp³-hybridized carbons (Fsp3) is 0.533. The second-order valence-electron chi connectivity index (χ2n) is 5.04. The molecule has 19 heavy (non-hydrogen) atoms. The van der Waals surface area contributed by atoms with Gasteiger partial charge in [-0.15, -0.1) is 0 Å². The molecule has 1 rings (SSSR count). The van der Waals surface area contributed by atoms with Crippen LogP contribution in [0.4, 0.5) is 4.39 Å². The second kappa shape index (κ2) is 6.62. The molecule has 0 aliphatic heterocycles. The van der Waals surface area contributed by atoms with E-state index in [0.717, 1.165) is 13.1 Å². The molecule has 0 saturated heterocycles. The van der Waals surface area contributed by atoms with Crippen LogP contribution in [-0.4, -0.2) is 29.3 Å². The Balaban J connectivity index is 2.93. The molecule has 1 aromatic carbocycles. The zero-order valence-electron chi connectivity index (χ0n) is 12.0. The van der Waals surface area contributed by atoms with Gasteiger partial charge in [-0.1, -0.05) is 26.0 Å². The average Bonchev–Trinajstić information content (AvgIpc) is 2.36. The van der Waals surface area contributed by atoms with Crippen molar-refractivity contribution in [1.29, 1.82) is 0 Å². The van der Waals surface area contributed by atoms with Crippen LogP contribution in [0.3, 0.4) is 0 Å². The molecule has 0 N–H and O–H groups in total. The maximum absolute atomic E-state index is 13.4. The van der Waals surface area contributed by atoms with Gasteiger partial charge in [-0.25, -0.2) is 4.39 Å². The third-order valence-electron chi connectivity index (χ3n) is 3.62. The van der Waals surface area contributed by atoms with Gasteiger partial charge in [-0.05, 0) is 54.5 Å². The molecule has 0 amide bonds. The quantitative estimate of drug-likeness (QED) is 0.790. The fourth-order valence-corrected chi connectivity index (χ4v) is 2.67. The molecule has 2 nitrogen and oxygen atoms in total. The predicted octanol–water partition coefficient (Wildman–Crippen LogP) is 3.82. The lowest BCUT2D eigenvalue weighted by Crippen LogP contribution is -2.50. The van der Waals surface area contributed by atoms with Crippen LogP contribution in [0.2, 0.25) is 0 Å². The van der Waals surface area contributed by atoms with E-state index in [1.165, 1.54) is 6.07 Å². The molecular weight excluding hydrogens is 309 g/mol. The van der Waals surface area contributed by atoms with E-state index in [9.17, 15) is 9.18 Å². The van der Waals surface area contributed by atoms with Crippen molar-refractivity contribution in [2.75, 3.05) is 13.1 Å². The van der Waals surface area contributed by atoms with E-state index in [1.54, 1.807) is 12.1 Å². The molecular formula is C15H21BrFNO. The number of halogens is 2. The summed E-state index contributed by atoms with van der Waals surface area (Å²) in [6, 6.07) is 4.80. The molecule has 0 aliphatic carbocycles. The summed E-state index contributed by atoms with van der Waals surface area (Å²) in [6.45, 7) is 9.57. The maximum Gasteiger partial charge on any atom is 0.156 e. The Morgan fingerprint density at radius 2 is 1.89 bits per heavy atom. The van der Waals surface area contributed by atoms with E-state index >= 15 is 0 Å². The first kappa shape index (κ1) is 16.3.